The summed E-state index contributed by atoms with van der Waals surface area (Å²) in [5.41, 5.74) is 1.02. The second-order valence-corrected chi connectivity index (χ2v) is 6.59. The number of nitrogens with one attached hydrogen (secondary N) is 2. The summed E-state index contributed by atoms with van der Waals surface area (Å²) in [7, 11) is 0. The van der Waals surface area contributed by atoms with Crippen molar-refractivity contribution >= 4 is 22.4 Å². The van der Waals surface area contributed by atoms with Crippen LogP contribution in [0.1, 0.15) is 12.6 Å². The average Bonchev–Trinajstić information content (AvgIpc) is 2.85. The number of hydrogen-bond donors (Lipinski definition) is 2. The topological polar surface area (TPSA) is 66.5 Å². The molecular formula is C14H22N4O2S. The first-order chi connectivity index (χ1) is 10.2. The van der Waals surface area contributed by atoms with Crippen LogP contribution in [0.2, 0.25) is 0 Å². The molecule has 0 aromatic carbocycles. The van der Waals surface area contributed by atoms with E-state index in [-0.39, 0.29) is 11.8 Å². The molecule has 1 aromatic heterocycles. The minimum atomic E-state index is 0.0397. The summed E-state index contributed by atoms with van der Waals surface area (Å²) in [5.74, 6) is 0.574. The highest BCUT2D eigenvalue weighted by Gasteiger charge is 2.29. The molecule has 2 fully saturated rings. The van der Waals surface area contributed by atoms with E-state index in [2.05, 4.69) is 20.5 Å². The number of rotatable bonds is 5. The van der Waals surface area contributed by atoms with Crippen molar-refractivity contribution in [2.45, 2.75) is 13.5 Å². The molecule has 3 heterocycles. The van der Waals surface area contributed by atoms with Crippen LogP contribution in [0, 0.1) is 11.8 Å². The SMILES string of the molecule is CC(C(=O)Nc1nc(CN2CCOCC2)cs1)C1CNC1. The molecule has 0 saturated carbocycles. The number of anilines is 1. The third kappa shape index (κ3) is 3.79. The van der Waals surface area contributed by atoms with Gasteiger partial charge in [0, 0.05) is 30.9 Å². The van der Waals surface area contributed by atoms with Crippen molar-refractivity contribution in [1.29, 1.82) is 0 Å². The largest absolute Gasteiger partial charge is 0.379 e. The normalized spacial score (nSPS) is 21.8. The number of morpholine rings is 1. The van der Waals surface area contributed by atoms with E-state index in [0.717, 1.165) is 51.6 Å². The highest BCUT2D eigenvalue weighted by molar-refractivity contribution is 7.13. The maximum Gasteiger partial charge on any atom is 0.229 e. The molecule has 0 spiro atoms. The molecule has 3 rings (SSSR count). The Labute approximate surface area is 128 Å². The molecule has 2 aliphatic heterocycles. The minimum Gasteiger partial charge on any atom is -0.379 e. The summed E-state index contributed by atoms with van der Waals surface area (Å²) in [6, 6.07) is 0. The summed E-state index contributed by atoms with van der Waals surface area (Å²) >= 11 is 1.50. The zero-order valence-electron chi connectivity index (χ0n) is 12.3. The molecule has 6 nitrogen and oxygen atoms in total. The molecule has 7 heteroatoms. The third-order valence-electron chi connectivity index (χ3n) is 4.20. The van der Waals surface area contributed by atoms with Crippen LogP contribution in [0.15, 0.2) is 5.38 Å². The smallest absolute Gasteiger partial charge is 0.229 e. The van der Waals surface area contributed by atoms with Gasteiger partial charge in [-0.2, -0.15) is 0 Å². The summed E-state index contributed by atoms with van der Waals surface area (Å²) in [4.78, 5) is 19.0. The molecule has 0 radical (unpaired) electrons. The fourth-order valence-electron chi connectivity index (χ4n) is 2.52. The zero-order valence-corrected chi connectivity index (χ0v) is 13.1. The Bertz CT molecular complexity index is 483. The number of carbonyl (C=O) groups is 1. The van der Waals surface area contributed by atoms with Gasteiger partial charge < -0.3 is 15.4 Å². The Balaban J connectivity index is 1.50. The number of ether oxygens (including phenoxy) is 1. The van der Waals surface area contributed by atoms with E-state index in [1.54, 1.807) is 0 Å². The Kier molecular flexibility index (Phi) is 4.84. The number of thiazole rings is 1. The lowest BCUT2D eigenvalue weighted by Gasteiger charge is -2.31. The van der Waals surface area contributed by atoms with E-state index in [9.17, 15) is 4.79 Å². The second-order valence-electron chi connectivity index (χ2n) is 5.73. The van der Waals surface area contributed by atoms with Crippen LogP contribution in [-0.2, 0) is 16.1 Å². The standard InChI is InChI=1S/C14H22N4O2S/c1-10(11-6-15-7-11)13(19)17-14-16-12(9-21-14)8-18-2-4-20-5-3-18/h9-11,15H,2-8H2,1H3,(H,16,17,19). The van der Waals surface area contributed by atoms with E-state index in [4.69, 9.17) is 4.74 Å². The van der Waals surface area contributed by atoms with Gasteiger partial charge in [0.05, 0.1) is 18.9 Å². The van der Waals surface area contributed by atoms with Crippen LogP contribution in [0.3, 0.4) is 0 Å². The molecule has 0 aliphatic carbocycles. The van der Waals surface area contributed by atoms with Crippen LogP contribution < -0.4 is 10.6 Å². The maximum absolute atomic E-state index is 12.1. The predicted octanol–water partition coefficient (Wildman–Crippen LogP) is 0.769. The molecule has 1 amide bonds. The van der Waals surface area contributed by atoms with Gasteiger partial charge in [-0.05, 0) is 19.0 Å². The lowest BCUT2D eigenvalue weighted by molar-refractivity contribution is -0.121. The van der Waals surface area contributed by atoms with Gasteiger partial charge in [0.15, 0.2) is 5.13 Å². The number of nitrogens with zero attached hydrogens (tertiary/aromatic N) is 2. The lowest BCUT2D eigenvalue weighted by atomic mass is 9.88. The van der Waals surface area contributed by atoms with Crippen molar-refractivity contribution in [3.05, 3.63) is 11.1 Å². The summed E-state index contributed by atoms with van der Waals surface area (Å²) < 4.78 is 5.34. The summed E-state index contributed by atoms with van der Waals surface area (Å²) in [5, 5.41) is 8.89. The Morgan fingerprint density at radius 3 is 3.00 bits per heavy atom. The van der Waals surface area contributed by atoms with E-state index >= 15 is 0 Å². The van der Waals surface area contributed by atoms with Crippen molar-refractivity contribution in [2.24, 2.45) is 11.8 Å². The Morgan fingerprint density at radius 2 is 2.33 bits per heavy atom. The molecule has 21 heavy (non-hydrogen) atoms. The molecule has 2 N–H and O–H groups in total. The second kappa shape index (κ2) is 6.83. The van der Waals surface area contributed by atoms with Gasteiger partial charge in [0.2, 0.25) is 5.91 Å². The number of amides is 1. The first kappa shape index (κ1) is 14.9. The van der Waals surface area contributed by atoms with Gasteiger partial charge >= 0.3 is 0 Å². The van der Waals surface area contributed by atoms with Crippen molar-refractivity contribution in [2.75, 3.05) is 44.7 Å². The predicted molar refractivity (Wildman–Crippen MR) is 82.4 cm³/mol. The first-order valence-corrected chi connectivity index (χ1v) is 8.36. The van der Waals surface area contributed by atoms with Gasteiger partial charge in [-0.25, -0.2) is 4.98 Å². The van der Waals surface area contributed by atoms with Gasteiger partial charge in [-0.1, -0.05) is 6.92 Å². The molecule has 1 atom stereocenters. The van der Waals surface area contributed by atoms with Crippen LogP contribution in [0.4, 0.5) is 5.13 Å². The third-order valence-corrected chi connectivity index (χ3v) is 5.01. The van der Waals surface area contributed by atoms with Crippen LogP contribution in [-0.4, -0.2) is 55.2 Å². The molecule has 2 saturated heterocycles. The molecule has 1 unspecified atom stereocenters. The minimum absolute atomic E-state index is 0.0397. The van der Waals surface area contributed by atoms with E-state index in [0.29, 0.717) is 11.0 Å². The first-order valence-electron chi connectivity index (χ1n) is 7.48. The Hall–Kier alpha value is -1.02. The fourth-order valence-corrected chi connectivity index (χ4v) is 3.23. The molecule has 2 aliphatic rings. The monoisotopic (exact) mass is 310 g/mol. The summed E-state index contributed by atoms with van der Waals surface area (Å²) in [6.45, 7) is 8.18. The molecular weight excluding hydrogens is 288 g/mol. The van der Waals surface area contributed by atoms with E-state index in [1.165, 1.54) is 11.3 Å². The highest BCUT2D eigenvalue weighted by atomic mass is 32.1. The van der Waals surface area contributed by atoms with Crippen LogP contribution in [0.25, 0.3) is 0 Å². The highest BCUT2D eigenvalue weighted by Crippen LogP contribution is 2.21. The van der Waals surface area contributed by atoms with Gasteiger partial charge in [0.1, 0.15) is 0 Å². The number of hydrogen-bond acceptors (Lipinski definition) is 6. The molecule has 1 aromatic rings. The van der Waals surface area contributed by atoms with Crippen molar-refractivity contribution in [1.82, 2.24) is 15.2 Å². The van der Waals surface area contributed by atoms with Gasteiger partial charge in [-0.3, -0.25) is 9.69 Å². The number of carbonyl (C=O) groups excluding carboxylic acids is 1. The molecule has 0 bridgehead atoms. The molecule has 116 valence electrons. The van der Waals surface area contributed by atoms with Gasteiger partial charge in [-0.15, -0.1) is 11.3 Å². The zero-order chi connectivity index (χ0) is 14.7. The van der Waals surface area contributed by atoms with Crippen LogP contribution >= 0.6 is 11.3 Å². The van der Waals surface area contributed by atoms with Crippen molar-refractivity contribution in [3.8, 4) is 0 Å². The Morgan fingerprint density at radius 1 is 1.57 bits per heavy atom. The number of aromatic nitrogens is 1. The van der Waals surface area contributed by atoms with Gasteiger partial charge in [0.25, 0.3) is 0 Å². The fraction of sp³-hybridized carbons (Fsp3) is 0.714. The summed E-state index contributed by atoms with van der Waals surface area (Å²) in [6.07, 6.45) is 0. The van der Waals surface area contributed by atoms with E-state index < -0.39 is 0 Å². The van der Waals surface area contributed by atoms with Crippen molar-refractivity contribution in [3.63, 3.8) is 0 Å². The maximum atomic E-state index is 12.1. The lowest BCUT2D eigenvalue weighted by Crippen LogP contribution is -2.48. The quantitative estimate of drug-likeness (QED) is 0.841. The van der Waals surface area contributed by atoms with Crippen LogP contribution in [0.5, 0.6) is 0 Å². The van der Waals surface area contributed by atoms with E-state index in [1.807, 2.05) is 12.3 Å². The van der Waals surface area contributed by atoms with Crippen molar-refractivity contribution < 1.29 is 9.53 Å². The average molecular weight is 310 g/mol.